The van der Waals surface area contributed by atoms with Gasteiger partial charge in [-0.15, -0.1) is 0 Å². The van der Waals surface area contributed by atoms with Gasteiger partial charge in [0.05, 0.1) is 10.6 Å². The fourth-order valence-electron chi connectivity index (χ4n) is 3.55. The van der Waals surface area contributed by atoms with E-state index in [1.54, 1.807) is 6.07 Å². The van der Waals surface area contributed by atoms with E-state index >= 15 is 0 Å². The van der Waals surface area contributed by atoms with E-state index in [0.717, 1.165) is 27.6 Å². The second kappa shape index (κ2) is 8.39. The molecule has 7 nitrogen and oxygen atoms in total. The highest BCUT2D eigenvalue weighted by atomic mass is 16.6. The molecule has 4 aromatic rings. The summed E-state index contributed by atoms with van der Waals surface area (Å²) < 4.78 is 5.85. The molecule has 31 heavy (non-hydrogen) atoms. The Bertz CT molecular complexity index is 1270. The zero-order valence-electron chi connectivity index (χ0n) is 17.6. The Morgan fingerprint density at radius 1 is 1.00 bits per heavy atom. The van der Waals surface area contributed by atoms with Crippen LogP contribution in [0.1, 0.15) is 18.1 Å². The minimum atomic E-state index is -0.487. The normalized spacial score (nSPS) is 10.8. The number of aryl methyl sites for hydroxylation is 2. The predicted octanol–water partition coefficient (Wildman–Crippen LogP) is 6.11. The van der Waals surface area contributed by atoms with Crippen molar-refractivity contribution in [3.8, 4) is 11.6 Å². The van der Waals surface area contributed by atoms with Gasteiger partial charge in [0, 0.05) is 11.9 Å². The van der Waals surface area contributed by atoms with Crippen molar-refractivity contribution in [1.82, 2.24) is 9.97 Å². The molecule has 1 aromatic heterocycles. The molecule has 4 rings (SSSR count). The minimum Gasteiger partial charge on any atom is -0.434 e. The van der Waals surface area contributed by atoms with Crippen LogP contribution in [0.25, 0.3) is 10.8 Å². The summed E-state index contributed by atoms with van der Waals surface area (Å²) in [6.45, 7) is 6.36. The van der Waals surface area contributed by atoms with E-state index in [4.69, 9.17) is 4.74 Å². The highest BCUT2D eigenvalue weighted by molar-refractivity contribution is 5.96. The predicted molar refractivity (Wildman–Crippen MR) is 121 cm³/mol. The Hall–Kier alpha value is -4.00. The fourth-order valence-corrected chi connectivity index (χ4v) is 3.55. The number of nitrogens with zero attached hydrogens (tertiary/aromatic N) is 4. The number of hydrogen-bond acceptors (Lipinski definition) is 6. The van der Waals surface area contributed by atoms with Crippen LogP contribution in [-0.2, 0) is 0 Å². The van der Waals surface area contributed by atoms with E-state index < -0.39 is 4.92 Å². The van der Waals surface area contributed by atoms with E-state index in [1.807, 2.05) is 80.3 Å². The van der Waals surface area contributed by atoms with E-state index in [1.165, 1.54) is 6.33 Å². The van der Waals surface area contributed by atoms with Gasteiger partial charge < -0.3 is 9.64 Å². The van der Waals surface area contributed by atoms with Gasteiger partial charge in [-0.25, -0.2) is 4.98 Å². The van der Waals surface area contributed by atoms with Crippen LogP contribution in [-0.4, -0.2) is 21.4 Å². The number of rotatable bonds is 6. The molecule has 0 atom stereocenters. The molecule has 0 fully saturated rings. The molecule has 7 heteroatoms. The lowest BCUT2D eigenvalue weighted by atomic mass is 10.1. The van der Waals surface area contributed by atoms with Crippen LogP contribution < -0.4 is 9.64 Å². The molecule has 0 aliphatic carbocycles. The second-order valence-corrected chi connectivity index (χ2v) is 7.20. The van der Waals surface area contributed by atoms with Gasteiger partial charge in [0.25, 0.3) is 0 Å². The van der Waals surface area contributed by atoms with Crippen LogP contribution in [0.5, 0.6) is 11.6 Å². The number of fused-ring (bicyclic) bond motifs is 1. The number of ether oxygens (including phenoxy) is 1. The highest BCUT2D eigenvalue weighted by Crippen LogP contribution is 2.40. The zero-order valence-corrected chi connectivity index (χ0v) is 17.6. The molecule has 0 amide bonds. The lowest BCUT2D eigenvalue weighted by Gasteiger charge is -2.23. The number of benzene rings is 3. The maximum absolute atomic E-state index is 12.1. The third-order valence-corrected chi connectivity index (χ3v) is 5.27. The highest BCUT2D eigenvalue weighted by Gasteiger charge is 2.29. The molecule has 0 aliphatic heterocycles. The van der Waals surface area contributed by atoms with Gasteiger partial charge in [-0.3, -0.25) is 10.1 Å². The standard InChI is InChI=1S/C24H22N4O3/c1-4-27(21-11-7-9-18-8-5-6-10-20(18)21)23-22(28(29)30)24(26-15-25-23)31-19-13-12-16(2)17(3)14-19/h5-15H,4H2,1-3H3. The molecule has 0 spiro atoms. The maximum Gasteiger partial charge on any atom is 0.373 e. The Morgan fingerprint density at radius 3 is 2.52 bits per heavy atom. The molecular formula is C24H22N4O3. The monoisotopic (exact) mass is 414 g/mol. The molecule has 0 bridgehead atoms. The third-order valence-electron chi connectivity index (χ3n) is 5.27. The quantitative estimate of drug-likeness (QED) is 0.280. The molecule has 0 radical (unpaired) electrons. The summed E-state index contributed by atoms with van der Waals surface area (Å²) in [5, 5.41) is 14.1. The number of nitro groups is 1. The first kappa shape index (κ1) is 20.3. The lowest BCUT2D eigenvalue weighted by Crippen LogP contribution is -2.19. The van der Waals surface area contributed by atoms with Gasteiger partial charge in [0.15, 0.2) is 0 Å². The number of hydrogen-bond donors (Lipinski definition) is 0. The average Bonchev–Trinajstić information content (AvgIpc) is 2.77. The van der Waals surface area contributed by atoms with Crippen molar-refractivity contribution in [1.29, 1.82) is 0 Å². The molecule has 3 aromatic carbocycles. The van der Waals surface area contributed by atoms with Gasteiger partial charge in [0.1, 0.15) is 12.1 Å². The van der Waals surface area contributed by atoms with E-state index in [-0.39, 0.29) is 17.4 Å². The van der Waals surface area contributed by atoms with Crippen molar-refractivity contribution in [3.63, 3.8) is 0 Å². The van der Waals surface area contributed by atoms with Crippen molar-refractivity contribution in [2.75, 3.05) is 11.4 Å². The summed E-state index contributed by atoms with van der Waals surface area (Å²) in [4.78, 5) is 21.8. The Kier molecular flexibility index (Phi) is 5.49. The third kappa shape index (κ3) is 3.90. The molecule has 0 saturated carbocycles. The maximum atomic E-state index is 12.1. The SMILES string of the molecule is CCN(c1ncnc(Oc2ccc(C)c(C)c2)c1[N+](=O)[O-])c1cccc2ccccc12. The Morgan fingerprint density at radius 2 is 1.77 bits per heavy atom. The van der Waals surface area contributed by atoms with Crippen molar-refractivity contribution in [2.24, 2.45) is 0 Å². The van der Waals surface area contributed by atoms with Gasteiger partial charge in [-0.05, 0) is 55.5 Å². The Balaban J connectivity index is 1.84. The fraction of sp³-hybridized carbons (Fsp3) is 0.167. The summed E-state index contributed by atoms with van der Waals surface area (Å²) >= 11 is 0. The van der Waals surface area contributed by atoms with Crippen LogP contribution in [0, 0.1) is 24.0 Å². The van der Waals surface area contributed by atoms with Crippen molar-refractivity contribution >= 4 is 28.0 Å². The zero-order chi connectivity index (χ0) is 22.0. The molecule has 156 valence electrons. The van der Waals surface area contributed by atoms with E-state index in [0.29, 0.717) is 12.3 Å². The topological polar surface area (TPSA) is 81.4 Å². The van der Waals surface area contributed by atoms with Crippen LogP contribution in [0.3, 0.4) is 0 Å². The average molecular weight is 414 g/mol. The summed E-state index contributed by atoms with van der Waals surface area (Å²) in [5.74, 6) is 0.596. The van der Waals surface area contributed by atoms with Crippen LogP contribution in [0.2, 0.25) is 0 Å². The van der Waals surface area contributed by atoms with E-state index in [9.17, 15) is 10.1 Å². The number of aromatic nitrogens is 2. The molecular weight excluding hydrogens is 392 g/mol. The van der Waals surface area contributed by atoms with Gasteiger partial charge >= 0.3 is 11.6 Å². The molecule has 0 N–H and O–H groups in total. The number of anilines is 2. The van der Waals surface area contributed by atoms with Crippen LogP contribution >= 0.6 is 0 Å². The van der Waals surface area contributed by atoms with Crippen molar-refractivity contribution in [2.45, 2.75) is 20.8 Å². The molecule has 0 aliphatic rings. The van der Waals surface area contributed by atoms with Gasteiger partial charge in [-0.1, -0.05) is 42.5 Å². The van der Waals surface area contributed by atoms with Gasteiger partial charge in [-0.2, -0.15) is 4.98 Å². The summed E-state index contributed by atoms with van der Waals surface area (Å²) in [7, 11) is 0. The van der Waals surface area contributed by atoms with Gasteiger partial charge in [0.2, 0.25) is 5.82 Å². The molecule has 1 heterocycles. The summed E-state index contributed by atoms with van der Waals surface area (Å²) in [5.41, 5.74) is 2.70. The minimum absolute atomic E-state index is 0.0862. The molecule has 0 unspecified atom stereocenters. The first-order valence-electron chi connectivity index (χ1n) is 9.99. The molecule has 0 saturated heterocycles. The largest absolute Gasteiger partial charge is 0.434 e. The van der Waals surface area contributed by atoms with Crippen molar-refractivity contribution < 1.29 is 9.66 Å². The summed E-state index contributed by atoms with van der Waals surface area (Å²) in [6.07, 6.45) is 1.30. The Labute approximate surface area is 180 Å². The van der Waals surface area contributed by atoms with Crippen molar-refractivity contribution in [3.05, 3.63) is 88.2 Å². The van der Waals surface area contributed by atoms with Crippen LogP contribution in [0.4, 0.5) is 17.2 Å². The first-order valence-corrected chi connectivity index (χ1v) is 9.99. The summed E-state index contributed by atoms with van der Waals surface area (Å²) in [6, 6.07) is 19.3. The smallest absolute Gasteiger partial charge is 0.373 e. The first-order chi connectivity index (χ1) is 15.0. The second-order valence-electron chi connectivity index (χ2n) is 7.20. The lowest BCUT2D eigenvalue weighted by molar-refractivity contribution is -0.385. The van der Waals surface area contributed by atoms with E-state index in [2.05, 4.69) is 9.97 Å². The van der Waals surface area contributed by atoms with Crippen LogP contribution in [0.15, 0.2) is 67.0 Å².